The van der Waals surface area contributed by atoms with Gasteiger partial charge in [0, 0.05) is 18.3 Å². The fourth-order valence-electron chi connectivity index (χ4n) is 1.50. The van der Waals surface area contributed by atoms with Crippen molar-refractivity contribution in [3.8, 4) is 0 Å². The van der Waals surface area contributed by atoms with Crippen molar-refractivity contribution < 1.29 is 4.79 Å². The van der Waals surface area contributed by atoms with Crippen LogP contribution in [0.5, 0.6) is 0 Å². The summed E-state index contributed by atoms with van der Waals surface area (Å²) < 4.78 is 0. The molecule has 0 saturated carbocycles. The molecule has 0 atom stereocenters. The van der Waals surface area contributed by atoms with Gasteiger partial charge < -0.3 is 10.7 Å². The summed E-state index contributed by atoms with van der Waals surface area (Å²) in [7, 11) is 0. The third-order valence-corrected chi connectivity index (χ3v) is 2.30. The first-order chi connectivity index (χ1) is 7.25. The lowest BCUT2D eigenvalue weighted by molar-refractivity contribution is -0.114. The van der Waals surface area contributed by atoms with Crippen LogP contribution >= 0.6 is 0 Å². The van der Waals surface area contributed by atoms with E-state index in [1.165, 1.54) is 5.56 Å². The summed E-state index contributed by atoms with van der Waals surface area (Å²) in [6.07, 6.45) is 1.76. The second-order valence-corrected chi connectivity index (χ2v) is 3.47. The first-order valence-corrected chi connectivity index (χ1v) is 4.80. The van der Waals surface area contributed by atoms with Gasteiger partial charge in [0.15, 0.2) is 0 Å². The van der Waals surface area contributed by atoms with Crippen LogP contribution in [0, 0.1) is 0 Å². The first kappa shape index (κ1) is 9.73. The Morgan fingerprint density at radius 1 is 1.40 bits per heavy atom. The number of hydrazine groups is 1. The van der Waals surface area contributed by atoms with E-state index in [2.05, 4.69) is 5.43 Å². The third-order valence-electron chi connectivity index (χ3n) is 2.30. The number of amides is 1. The van der Waals surface area contributed by atoms with E-state index in [1.54, 1.807) is 6.20 Å². The van der Waals surface area contributed by atoms with Crippen molar-refractivity contribution in [2.24, 2.45) is 5.73 Å². The lowest BCUT2D eigenvalue weighted by Gasteiger charge is -2.15. The zero-order valence-electron chi connectivity index (χ0n) is 8.31. The van der Waals surface area contributed by atoms with E-state index in [0.29, 0.717) is 12.1 Å². The summed E-state index contributed by atoms with van der Waals surface area (Å²) in [6.45, 7) is 1.25. The summed E-state index contributed by atoms with van der Waals surface area (Å²) in [6, 6.07) is 10.0. The quantitative estimate of drug-likeness (QED) is 0.746. The van der Waals surface area contributed by atoms with E-state index in [1.807, 2.05) is 35.3 Å². The fraction of sp³-hybridized carbons (Fsp3) is 0.182. The molecule has 4 nitrogen and oxygen atoms in total. The van der Waals surface area contributed by atoms with Crippen LogP contribution in [0.15, 0.2) is 42.1 Å². The third kappa shape index (κ3) is 2.35. The Kier molecular flexibility index (Phi) is 2.69. The predicted molar refractivity (Wildman–Crippen MR) is 57.3 cm³/mol. The van der Waals surface area contributed by atoms with Crippen LogP contribution in [0.3, 0.4) is 0 Å². The molecule has 0 spiro atoms. The highest BCUT2D eigenvalue weighted by Crippen LogP contribution is 2.08. The normalized spacial score (nSPS) is 15.2. The molecule has 3 N–H and O–H groups in total. The van der Waals surface area contributed by atoms with E-state index < -0.39 is 0 Å². The zero-order valence-corrected chi connectivity index (χ0v) is 8.31. The number of hydrogen-bond donors (Lipinski definition) is 2. The smallest absolute Gasteiger partial charge is 0.247 e. The van der Waals surface area contributed by atoms with Gasteiger partial charge in [-0.3, -0.25) is 4.79 Å². The molecule has 78 valence electrons. The number of carbonyl (C=O) groups is 1. The zero-order chi connectivity index (χ0) is 10.7. The van der Waals surface area contributed by atoms with Gasteiger partial charge in [-0.2, -0.15) is 0 Å². The molecule has 1 amide bonds. The number of nitrogens with zero attached hydrogens (tertiary/aromatic N) is 1. The Bertz CT molecular complexity index is 386. The standard InChI is InChI=1S/C11H13N3O/c12-11(15)10-6-13-14(8-10)7-9-4-2-1-3-5-9/h1-5,8,13H,6-7H2,(H2,12,15). The van der Waals surface area contributed by atoms with E-state index in [9.17, 15) is 4.79 Å². The average Bonchev–Trinajstić information content (AvgIpc) is 2.68. The van der Waals surface area contributed by atoms with Gasteiger partial charge in [0.05, 0.1) is 6.54 Å². The highest BCUT2D eigenvalue weighted by Gasteiger charge is 2.15. The number of primary amides is 1. The second kappa shape index (κ2) is 4.14. The van der Waals surface area contributed by atoms with Crippen LogP contribution in [0.25, 0.3) is 0 Å². The molecule has 1 aromatic carbocycles. The number of benzene rings is 1. The molecule has 0 radical (unpaired) electrons. The number of carbonyl (C=O) groups excluding carboxylic acids is 1. The molecular formula is C11H13N3O. The lowest BCUT2D eigenvalue weighted by atomic mass is 10.2. The molecule has 0 unspecified atom stereocenters. The van der Waals surface area contributed by atoms with Gasteiger partial charge in [0.25, 0.3) is 0 Å². The summed E-state index contributed by atoms with van der Waals surface area (Å²) in [5, 5.41) is 1.87. The monoisotopic (exact) mass is 203 g/mol. The van der Waals surface area contributed by atoms with E-state index >= 15 is 0 Å². The summed E-state index contributed by atoms with van der Waals surface area (Å²) >= 11 is 0. The summed E-state index contributed by atoms with van der Waals surface area (Å²) in [4.78, 5) is 10.9. The van der Waals surface area contributed by atoms with E-state index in [4.69, 9.17) is 5.73 Å². The average molecular weight is 203 g/mol. The predicted octanol–water partition coefficient (Wildman–Crippen LogP) is 0.376. The van der Waals surface area contributed by atoms with Gasteiger partial charge in [-0.1, -0.05) is 30.3 Å². The van der Waals surface area contributed by atoms with Gasteiger partial charge in [0.2, 0.25) is 5.91 Å². The Labute approximate surface area is 88.3 Å². The molecule has 2 rings (SSSR count). The molecule has 1 heterocycles. The first-order valence-electron chi connectivity index (χ1n) is 4.80. The van der Waals surface area contributed by atoms with Crippen molar-refractivity contribution in [3.63, 3.8) is 0 Å². The van der Waals surface area contributed by atoms with Crippen LogP contribution in [-0.2, 0) is 11.3 Å². The molecule has 1 aliphatic heterocycles. The minimum absolute atomic E-state index is 0.363. The van der Waals surface area contributed by atoms with Crippen molar-refractivity contribution in [1.29, 1.82) is 0 Å². The number of nitrogens with two attached hydrogens (primary N) is 1. The summed E-state index contributed by atoms with van der Waals surface area (Å²) in [5.74, 6) is -0.363. The molecule has 0 aliphatic carbocycles. The van der Waals surface area contributed by atoms with Crippen molar-refractivity contribution in [2.45, 2.75) is 6.54 Å². The minimum atomic E-state index is -0.363. The van der Waals surface area contributed by atoms with Gasteiger partial charge in [-0.05, 0) is 5.56 Å². The van der Waals surface area contributed by atoms with E-state index in [-0.39, 0.29) is 5.91 Å². The van der Waals surface area contributed by atoms with Crippen molar-refractivity contribution in [3.05, 3.63) is 47.7 Å². The maximum atomic E-state index is 10.9. The Hall–Kier alpha value is -1.81. The van der Waals surface area contributed by atoms with Gasteiger partial charge in [-0.15, -0.1) is 0 Å². The Morgan fingerprint density at radius 2 is 2.13 bits per heavy atom. The number of rotatable bonds is 3. The molecule has 1 aliphatic rings. The van der Waals surface area contributed by atoms with Crippen LogP contribution in [0.2, 0.25) is 0 Å². The molecule has 4 heteroatoms. The minimum Gasteiger partial charge on any atom is -0.366 e. The lowest BCUT2D eigenvalue weighted by Crippen LogP contribution is -2.28. The van der Waals surface area contributed by atoms with Crippen molar-refractivity contribution in [2.75, 3.05) is 6.54 Å². The van der Waals surface area contributed by atoms with Crippen LogP contribution in [0.4, 0.5) is 0 Å². The molecule has 0 bridgehead atoms. The largest absolute Gasteiger partial charge is 0.366 e. The van der Waals surface area contributed by atoms with Gasteiger partial charge in [0.1, 0.15) is 0 Å². The second-order valence-electron chi connectivity index (χ2n) is 3.47. The highest BCUT2D eigenvalue weighted by molar-refractivity contribution is 5.92. The van der Waals surface area contributed by atoms with Gasteiger partial charge >= 0.3 is 0 Å². The van der Waals surface area contributed by atoms with Crippen LogP contribution in [-0.4, -0.2) is 17.5 Å². The number of nitrogens with one attached hydrogen (secondary N) is 1. The maximum Gasteiger partial charge on any atom is 0.247 e. The van der Waals surface area contributed by atoms with E-state index in [0.717, 1.165) is 6.54 Å². The summed E-state index contributed by atoms with van der Waals surface area (Å²) in [5.41, 5.74) is 10.1. The molecule has 0 fully saturated rings. The Morgan fingerprint density at radius 3 is 2.73 bits per heavy atom. The topological polar surface area (TPSA) is 58.4 Å². The molecule has 0 saturated heterocycles. The molecular weight excluding hydrogens is 190 g/mol. The molecule has 0 aromatic heterocycles. The molecule has 15 heavy (non-hydrogen) atoms. The fourth-order valence-corrected chi connectivity index (χ4v) is 1.50. The highest BCUT2D eigenvalue weighted by atomic mass is 16.1. The van der Waals surface area contributed by atoms with Gasteiger partial charge in [-0.25, -0.2) is 5.43 Å². The SMILES string of the molecule is NC(=O)C1=CN(Cc2ccccc2)NC1. The van der Waals surface area contributed by atoms with Crippen LogP contribution < -0.4 is 11.2 Å². The van der Waals surface area contributed by atoms with Crippen molar-refractivity contribution >= 4 is 5.91 Å². The number of hydrogen-bond acceptors (Lipinski definition) is 3. The Balaban J connectivity index is 2.01. The maximum absolute atomic E-state index is 10.9. The molecule has 1 aromatic rings. The van der Waals surface area contributed by atoms with Crippen LogP contribution in [0.1, 0.15) is 5.56 Å². The van der Waals surface area contributed by atoms with Crippen molar-refractivity contribution in [1.82, 2.24) is 10.4 Å².